The number of benzene rings is 1. The molecule has 1 amide bonds. The highest BCUT2D eigenvalue weighted by atomic mass is 79.9. The van der Waals surface area contributed by atoms with Gasteiger partial charge in [0.05, 0.1) is 11.4 Å². The molecular weight excluding hydrogens is 286 g/mol. The lowest BCUT2D eigenvalue weighted by atomic mass is 10.3. The van der Waals surface area contributed by atoms with Crippen LogP contribution in [-0.2, 0) is 4.79 Å². The van der Waals surface area contributed by atoms with Crippen molar-refractivity contribution in [2.24, 2.45) is 5.92 Å². The molecule has 0 saturated carbocycles. The molecular formula is C12H16BrNOS. The van der Waals surface area contributed by atoms with Crippen LogP contribution in [0.2, 0.25) is 0 Å². The number of carbonyl (C=O) groups excluding carboxylic acids is 1. The minimum Gasteiger partial charge on any atom is -0.324 e. The summed E-state index contributed by atoms with van der Waals surface area (Å²) in [5, 5.41) is 2.88. The highest BCUT2D eigenvalue weighted by molar-refractivity contribution is 9.10. The van der Waals surface area contributed by atoms with Crippen molar-refractivity contribution < 1.29 is 4.79 Å². The Balaban J connectivity index is 2.37. The highest BCUT2D eigenvalue weighted by Crippen LogP contribution is 2.21. The summed E-state index contributed by atoms with van der Waals surface area (Å²) in [7, 11) is 0. The van der Waals surface area contributed by atoms with Crippen molar-refractivity contribution >= 4 is 39.3 Å². The molecule has 0 aliphatic rings. The number of nitrogens with one attached hydrogen (secondary N) is 1. The Morgan fingerprint density at radius 2 is 2.12 bits per heavy atom. The molecule has 0 fully saturated rings. The first kappa shape index (κ1) is 13.6. The van der Waals surface area contributed by atoms with Crippen molar-refractivity contribution in [2.75, 3.05) is 16.8 Å². The molecule has 1 aromatic carbocycles. The number of amides is 1. The van der Waals surface area contributed by atoms with Gasteiger partial charge >= 0.3 is 0 Å². The van der Waals surface area contributed by atoms with Crippen molar-refractivity contribution in [3.8, 4) is 0 Å². The van der Waals surface area contributed by atoms with Crippen LogP contribution < -0.4 is 5.32 Å². The van der Waals surface area contributed by atoms with Crippen LogP contribution >= 0.6 is 27.7 Å². The fourth-order valence-electron chi connectivity index (χ4n) is 1.14. The van der Waals surface area contributed by atoms with Crippen molar-refractivity contribution in [2.45, 2.75) is 13.8 Å². The summed E-state index contributed by atoms with van der Waals surface area (Å²) >= 11 is 5.06. The Morgan fingerprint density at radius 3 is 2.75 bits per heavy atom. The summed E-state index contributed by atoms with van der Waals surface area (Å²) in [5.74, 6) is 2.21. The molecule has 4 heteroatoms. The summed E-state index contributed by atoms with van der Waals surface area (Å²) < 4.78 is 0.914. The molecule has 0 radical (unpaired) electrons. The first-order valence-corrected chi connectivity index (χ1v) is 7.16. The van der Waals surface area contributed by atoms with Gasteiger partial charge in [-0.3, -0.25) is 4.79 Å². The van der Waals surface area contributed by atoms with Gasteiger partial charge in [-0.05, 0) is 39.7 Å². The Kier molecular flexibility index (Phi) is 5.91. The van der Waals surface area contributed by atoms with Crippen molar-refractivity contribution in [3.63, 3.8) is 0 Å². The van der Waals surface area contributed by atoms with Crippen LogP contribution in [-0.4, -0.2) is 17.4 Å². The number of rotatable bonds is 5. The maximum Gasteiger partial charge on any atom is 0.234 e. The van der Waals surface area contributed by atoms with Gasteiger partial charge in [-0.2, -0.15) is 11.8 Å². The van der Waals surface area contributed by atoms with E-state index in [-0.39, 0.29) is 5.91 Å². The van der Waals surface area contributed by atoms with Crippen molar-refractivity contribution in [3.05, 3.63) is 28.7 Å². The van der Waals surface area contributed by atoms with Crippen LogP contribution in [0.4, 0.5) is 5.69 Å². The standard InChI is InChI=1S/C12H16BrNOS/c1-9(2)7-16-8-12(15)14-11-6-4-3-5-10(11)13/h3-6,9H,7-8H2,1-2H3,(H,14,15). The zero-order valence-corrected chi connectivity index (χ0v) is 11.9. The van der Waals surface area contributed by atoms with Crippen LogP contribution in [0.3, 0.4) is 0 Å². The first-order chi connectivity index (χ1) is 7.59. The number of hydrogen-bond acceptors (Lipinski definition) is 2. The third-order valence-corrected chi connectivity index (χ3v) is 3.89. The van der Waals surface area contributed by atoms with Crippen molar-refractivity contribution in [1.29, 1.82) is 0 Å². The third kappa shape index (κ3) is 5.03. The van der Waals surface area contributed by atoms with Crippen LogP contribution in [0.1, 0.15) is 13.8 Å². The molecule has 0 saturated heterocycles. The number of carbonyl (C=O) groups is 1. The predicted molar refractivity (Wildman–Crippen MR) is 74.9 cm³/mol. The van der Waals surface area contributed by atoms with Gasteiger partial charge in [0, 0.05) is 4.47 Å². The Morgan fingerprint density at radius 1 is 1.44 bits per heavy atom. The Labute approximate surface area is 109 Å². The Bertz CT molecular complexity index is 355. The lowest BCUT2D eigenvalue weighted by molar-refractivity contribution is -0.113. The van der Waals surface area contributed by atoms with Gasteiger partial charge in [0.1, 0.15) is 0 Å². The fraction of sp³-hybridized carbons (Fsp3) is 0.417. The van der Waals surface area contributed by atoms with E-state index in [1.807, 2.05) is 24.3 Å². The smallest absolute Gasteiger partial charge is 0.234 e. The van der Waals surface area contributed by atoms with E-state index in [0.717, 1.165) is 15.9 Å². The maximum absolute atomic E-state index is 11.6. The van der Waals surface area contributed by atoms with E-state index in [1.165, 1.54) is 0 Å². The van der Waals surface area contributed by atoms with Gasteiger partial charge in [0.15, 0.2) is 0 Å². The number of anilines is 1. The van der Waals surface area contributed by atoms with E-state index in [9.17, 15) is 4.79 Å². The normalized spacial score (nSPS) is 10.5. The van der Waals surface area contributed by atoms with E-state index >= 15 is 0 Å². The summed E-state index contributed by atoms with van der Waals surface area (Å²) in [4.78, 5) is 11.6. The molecule has 2 nitrogen and oxygen atoms in total. The second kappa shape index (κ2) is 6.97. The molecule has 1 rings (SSSR count). The SMILES string of the molecule is CC(C)CSCC(=O)Nc1ccccc1Br. The second-order valence-electron chi connectivity index (χ2n) is 3.94. The summed E-state index contributed by atoms with van der Waals surface area (Å²) in [5.41, 5.74) is 0.831. The molecule has 0 unspecified atom stereocenters. The largest absolute Gasteiger partial charge is 0.324 e. The average molecular weight is 302 g/mol. The van der Waals surface area contributed by atoms with Crippen LogP contribution in [0, 0.1) is 5.92 Å². The topological polar surface area (TPSA) is 29.1 Å². The third-order valence-electron chi connectivity index (χ3n) is 1.83. The second-order valence-corrected chi connectivity index (χ2v) is 5.82. The molecule has 0 aliphatic carbocycles. The minimum absolute atomic E-state index is 0.0533. The first-order valence-electron chi connectivity index (χ1n) is 5.21. The monoisotopic (exact) mass is 301 g/mol. The minimum atomic E-state index is 0.0533. The lowest BCUT2D eigenvalue weighted by Gasteiger charge is -2.07. The van der Waals surface area contributed by atoms with Crippen LogP contribution in [0.15, 0.2) is 28.7 Å². The van der Waals surface area contributed by atoms with Gasteiger partial charge in [0.25, 0.3) is 0 Å². The average Bonchev–Trinajstić information content (AvgIpc) is 2.21. The summed E-state index contributed by atoms with van der Waals surface area (Å²) in [6.07, 6.45) is 0. The summed E-state index contributed by atoms with van der Waals surface area (Å²) in [6.45, 7) is 4.30. The quantitative estimate of drug-likeness (QED) is 0.897. The molecule has 88 valence electrons. The number of hydrogen-bond donors (Lipinski definition) is 1. The molecule has 0 atom stereocenters. The van der Waals surface area contributed by atoms with Crippen molar-refractivity contribution in [1.82, 2.24) is 0 Å². The summed E-state index contributed by atoms with van der Waals surface area (Å²) in [6, 6.07) is 7.63. The van der Waals surface area contributed by atoms with Gasteiger partial charge in [-0.15, -0.1) is 0 Å². The lowest BCUT2D eigenvalue weighted by Crippen LogP contribution is -2.15. The van der Waals surface area contributed by atoms with Gasteiger partial charge in [0.2, 0.25) is 5.91 Å². The van der Waals surface area contributed by atoms with E-state index in [4.69, 9.17) is 0 Å². The number of thioether (sulfide) groups is 1. The van der Waals surface area contributed by atoms with E-state index < -0.39 is 0 Å². The maximum atomic E-state index is 11.6. The molecule has 0 heterocycles. The van der Waals surface area contributed by atoms with Gasteiger partial charge < -0.3 is 5.32 Å². The highest BCUT2D eigenvalue weighted by Gasteiger charge is 2.05. The molecule has 0 aromatic heterocycles. The van der Waals surface area contributed by atoms with Crippen LogP contribution in [0.5, 0.6) is 0 Å². The van der Waals surface area contributed by atoms with E-state index in [1.54, 1.807) is 11.8 Å². The molecule has 0 spiro atoms. The van der Waals surface area contributed by atoms with Gasteiger partial charge in [-0.1, -0.05) is 26.0 Å². The Hall–Kier alpha value is -0.480. The van der Waals surface area contributed by atoms with E-state index in [0.29, 0.717) is 11.7 Å². The van der Waals surface area contributed by atoms with E-state index in [2.05, 4.69) is 35.1 Å². The molecule has 1 aromatic rings. The molecule has 0 aliphatic heterocycles. The zero-order chi connectivity index (χ0) is 12.0. The number of para-hydroxylation sites is 1. The predicted octanol–water partition coefficient (Wildman–Crippen LogP) is 3.78. The van der Waals surface area contributed by atoms with Crippen LogP contribution in [0.25, 0.3) is 0 Å². The fourth-order valence-corrected chi connectivity index (χ4v) is 2.37. The van der Waals surface area contributed by atoms with Gasteiger partial charge in [-0.25, -0.2) is 0 Å². The molecule has 16 heavy (non-hydrogen) atoms. The molecule has 1 N–H and O–H groups in total. The number of halogens is 1. The zero-order valence-electron chi connectivity index (χ0n) is 9.50. The molecule has 0 bridgehead atoms.